The third-order valence-electron chi connectivity index (χ3n) is 11.0. The average Bonchev–Trinajstić information content (AvgIpc) is 3.48. The Hall–Kier alpha value is -3.08. The quantitative estimate of drug-likeness (QED) is 0.259. The van der Waals surface area contributed by atoms with Gasteiger partial charge in [-0.25, -0.2) is 0 Å². The van der Waals surface area contributed by atoms with Crippen molar-refractivity contribution in [1.82, 2.24) is 10.3 Å². The predicted octanol–water partition coefficient (Wildman–Crippen LogP) is 7.31. The van der Waals surface area contributed by atoms with Crippen LogP contribution in [0.15, 0.2) is 36.5 Å². The highest BCUT2D eigenvalue weighted by Gasteiger charge is 2.58. The molecule has 0 radical (unpaired) electrons. The Morgan fingerprint density at radius 2 is 2.02 bits per heavy atom. The minimum absolute atomic E-state index is 0.115. The van der Waals surface area contributed by atoms with Gasteiger partial charge >= 0.3 is 0 Å². The molecule has 2 saturated carbocycles. The number of carbonyl (C=O) groups excluding carboxylic acids is 2. The fraction of sp³-hybridized carbons (Fsp3) is 0.556. The lowest BCUT2D eigenvalue weighted by Gasteiger charge is -2.50. The Balaban J connectivity index is 1.07. The van der Waals surface area contributed by atoms with Crippen molar-refractivity contribution in [1.29, 1.82) is 0 Å². The number of fused-ring (bicyclic) bond motifs is 6. The summed E-state index contributed by atoms with van der Waals surface area (Å²) in [4.78, 5) is 29.5. The first-order valence-electron chi connectivity index (χ1n) is 16.0. The van der Waals surface area contributed by atoms with E-state index in [2.05, 4.69) is 61.5 Å². The van der Waals surface area contributed by atoms with E-state index in [0.29, 0.717) is 54.6 Å². The van der Waals surface area contributed by atoms with E-state index in [1.165, 1.54) is 33.2 Å². The molecule has 0 aliphatic heterocycles. The molecule has 3 aliphatic rings. The van der Waals surface area contributed by atoms with Crippen LogP contribution >= 0.6 is 0 Å². The summed E-state index contributed by atoms with van der Waals surface area (Å²) in [6.07, 6.45) is 11.9. The molecule has 41 heavy (non-hydrogen) atoms. The first kappa shape index (κ1) is 28.1. The van der Waals surface area contributed by atoms with Crippen LogP contribution in [0, 0.1) is 30.1 Å². The smallest absolute Gasteiger partial charge is 0.220 e. The van der Waals surface area contributed by atoms with Crippen LogP contribution in [0.25, 0.3) is 10.9 Å². The van der Waals surface area contributed by atoms with E-state index in [1.807, 2.05) is 6.07 Å². The highest BCUT2D eigenvalue weighted by Crippen LogP contribution is 2.62. The van der Waals surface area contributed by atoms with Gasteiger partial charge in [0, 0.05) is 41.9 Å². The fourth-order valence-corrected chi connectivity index (χ4v) is 8.97. The number of aromatic amines is 1. The molecule has 0 bridgehead atoms. The second-order valence-electron chi connectivity index (χ2n) is 13.4. The standard InChI is InChI=1S/C36H46N2O3/c1-4-7-24-18-30-23(19-31(24)39)12-13-29-28(30)14-16-36(3)32(40)20-25(34(29)36)9-6-11-33(41)37-17-15-26-21-38-35-22(2)8-5-10-27(26)35/h5,8,10,18-19,21,25,28-29,34,38-39H,4,6-7,9,11-17,20H2,1-3H3,(H,37,41)/t25-,28?,29?,34?,36-/m1/s1. The molecule has 1 amide bonds. The molecule has 3 unspecified atom stereocenters. The number of carbonyl (C=O) groups is 2. The van der Waals surface area contributed by atoms with Crippen molar-refractivity contribution >= 4 is 22.6 Å². The number of rotatable bonds is 9. The second kappa shape index (κ2) is 11.3. The molecule has 2 fully saturated rings. The topological polar surface area (TPSA) is 82.2 Å². The third-order valence-corrected chi connectivity index (χ3v) is 11.0. The highest BCUT2D eigenvalue weighted by atomic mass is 16.3. The van der Waals surface area contributed by atoms with Crippen LogP contribution in [0.3, 0.4) is 0 Å². The number of phenols is 1. The van der Waals surface area contributed by atoms with Gasteiger partial charge in [-0.3, -0.25) is 9.59 Å². The molecule has 5 heteroatoms. The maximum absolute atomic E-state index is 13.4. The molecule has 3 aromatic rings. The number of ketones is 1. The number of hydrogen-bond donors (Lipinski definition) is 3. The second-order valence-corrected chi connectivity index (χ2v) is 13.4. The molecule has 5 nitrogen and oxygen atoms in total. The molecule has 218 valence electrons. The van der Waals surface area contributed by atoms with Crippen molar-refractivity contribution in [3.8, 4) is 5.75 Å². The molecule has 2 aromatic carbocycles. The van der Waals surface area contributed by atoms with E-state index in [1.54, 1.807) is 0 Å². The third kappa shape index (κ3) is 5.10. The van der Waals surface area contributed by atoms with Crippen LogP contribution in [-0.2, 0) is 28.9 Å². The summed E-state index contributed by atoms with van der Waals surface area (Å²) in [6, 6.07) is 10.7. The van der Waals surface area contributed by atoms with Gasteiger partial charge in [-0.05, 0) is 116 Å². The first-order chi connectivity index (χ1) is 19.8. The molecule has 0 saturated heterocycles. The number of para-hydroxylation sites is 1. The summed E-state index contributed by atoms with van der Waals surface area (Å²) in [7, 11) is 0. The molecule has 5 atom stereocenters. The lowest BCUT2D eigenvalue weighted by molar-refractivity contribution is -0.129. The Morgan fingerprint density at radius 3 is 2.85 bits per heavy atom. The van der Waals surface area contributed by atoms with E-state index in [9.17, 15) is 14.7 Å². The van der Waals surface area contributed by atoms with Crippen molar-refractivity contribution in [3.05, 3.63) is 64.3 Å². The van der Waals surface area contributed by atoms with Crippen molar-refractivity contribution in [3.63, 3.8) is 0 Å². The average molecular weight is 555 g/mol. The number of aryl methyl sites for hydroxylation is 3. The van der Waals surface area contributed by atoms with E-state index >= 15 is 0 Å². The van der Waals surface area contributed by atoms with Crippen LogP contribution < -0.4 is 5.32 Å². The highest BCUT2D eigenvalue weighted by molar-refractivity contribution is 5.88. The van der Waals surface area contributed by atoms with E-state index in [0.717, 1.165) is 63.4 Å². The van der Waals surface area contributed by atoms with E-state index in [4.69, 9.17) is 0 Å². The van der Waals surface area contributed by atoms with Gasteiger partial charge in [0.2, 0.25) is 5.91 Å². The summed E-state index contributed by atoms with van der Waals surface area (Å²) >= 11 is 0. The number of hydrogen-bond acceptors (Lipinski definition) is 3. The first-order valence-corrected chi connectivity index (χ1v) is 16.0. The van der Waals surface area contributed by atoms with Crippen molar-refractivity contribution in [2.24, 2.45) is 23.2 Å². The van der Waals surface area contributed by atoms with Crippen molar-refractivity contribution in [2.75, 3.05) is 6.54 Å². The lowest BCUT2D eigenvalue weighted by atomic mass is 9.54. The van der Waals surface area contributed by atoms with Crippen LogP contribution in [0.4, 0.5) is 0 Å². The van der Waals surface area contributed by atoms with Gasteiger partial charge < -0.3 is 15.4 Å². The minimum atomic E-state index is -0.216. The van der Waals surface area contributed by atoms with Crippen LogP contribution in [0.2, 0.25) is 0 Å². The number of H-pyrrole nitrogens is 1. The maximum Gasteiger partial charge on any atom is 0.220 e. The summed E-state index contributed by atoms with van der Waals surface area (Å²) in [5, 5.41) is 15.0. The largest absolute Gasteiger partial charge is 0.508 e. The summed E-state index contributed by atoms with van der Waals surface area (Å²) in [6.45, 7) is 7.15. The monoisotopic (exact) mass is 554 g/mol. The molecule has 3 aliphatic carbocycles. The van der Waals surface area contributed by atoms with Gasteiger partial charge in [0.1, 0.15) is 11.5 Å². The van der Waals surface area contributed by atoms with Gasteiger partial charge in [0.15, 0.2) is 0 Å². The number of aromatic hydroxyl groups is 1. The molecular weight excluding hydrogens is 508 g/mol. The molecule has 1 heterocycles. The molecule has 0 spiro atoms. The van der Waals surface area contributed by atoms with Gasteiger partial charge in [-0.15, -0.1) is 0 Å². The van der Waals surface area contributed by atoms with Crippen LogP contribution in [-0.4, -0.2) is 28.3 Å². The minimum Gasteiger partial charge on any atom is -0.508 e. The SMILES string of the molecule is CCCc1cc2c(cc1O)CCC1C2CC[C@]2(C)C(=O)C[C@@H](CCCC(=O)NCCc3c[nH]c4c(C)cccc34)C12. The Labute approximate surface area is 244 Å². The zero-order valence-electron chi connectivity index (χ0n) is 25.0. The summed E-state index contributed by atoms with van der Waals surface area (Å²) in [5.41, 5.74) is 7.27. The maximum atomic E-state index is 13.4. The molecule has 1 aromatic heterocycles. The molecule has 6 rings (SSSR count). The Morgan fingerprint density at radius 1 is 1.17 bits per heavy atom. The van der Waals surface area contributed by atoms with Gasteiger partial charge in [-0.2, -0.15) is 0 Å². The molecular formula is C36H46N2O3. The zero-order chi connectivity index (χ0) is 28.7. The fourth-order valence-electron chi connectivity index (χ4n) is 8.97. The van der Waals surface area contributed by atoms with E-state index in [-0.39, 0.29) is 11.3 Å². The number of amides is 1. The van der Waals surface area contributed by atoms with E-state index < -0.39 is 0 Å². The van der Waals surface area contributed by atoms with Crippen LogP contribution in [0.1, 0.15) is 98.9 Å². The number of Topliss-reactive ketones (excluding diaryl/α,β-unsaturated/α-hetero) is 1. The number of nitrogens with one attached hydrogen (secondary N) is 2. The molecule has 3 N–H and O–H groups in total. The van der Waals surface area contributed by atoms with Gasteiger partial charge in [-0.1, -0.05) is 44.5 Å². The zero-order valence-corrected chi connectivity index (χ0v) is 25.0. The van der Waals surface area contributed by atoms with Crippen molar-refractivity contribution in [2.45, 2.75) is 97.3 Å². The number of phenolic OH excluding ortho intramolecular Hbond substituents is 1. The van der Waals surface area contributed by atoms with Crippen molar-refractivity contribution < 1.29 is 14.7 Å². The normalized spacial score (nSPS) is 27.0. The van der Waals surface area contributed by atoms with Gasteiger partial charge in [0.05, 0.1) is 0 Å². The Bertz CT molecular complexity index is 1450. The number of aromatic nitrogens is 1. The predicted molar refractivity (Wildman–Crippen MR) is 164 cm³/mol. The van der Waals surface area contributed by atoms with Gasteiger partial charge in [0.25, 0.3) is 0 Å². The lowest BCUT2D eigenvalue weighted by Crippen LogP contribution is -2.44. The Kier molecular flexibility index (Phi) is 7.74. The van der Waals surface area contributed by atoms with Crippen LogP contribution in [0.5, 0.6) is 5.75 Å². The summed E-state index contributed by atoms with van der Waals surface area (Å²) < 4.78 is 0. The summed E-state index contributed by atoms with van der Waals surface area (Å²) in [5.74, 6) is 2.80. The number of benzene rings is 2.